The quantitative estimate of drug-likeness (QED) is 0.486. The van der Waals surface area contributed by atoms with Crippen molar-refractivity contribution in [3.05, 3.63) is 57.4 Å². The second-order valence-corrected chi connectivity index (χ2v) is 5.17. The summed E-state index contributed by atoms with van der Waals surface area (Å²) in [4.78, 5) is 10.3. The number of thiocarbonyl (C=S) groups is 1. The maximum absolute atomic E-state index is 13.1. The van der Waals surface area contributed by atoms with Gasteiger partial charge in [0.05, 0.1) is 22.7 Å². The molecule has 2 aromatic rings. The van der Waals surface area contributed by atoms with Gasteiger partial charge < -0.3 is 15.4 Å². The van der Waals surface area contributed by atoms with Crippen LogP contribution in [0.15, 0.2) is 36.4 Å². The number of hydrogen-bond donors (Lipinski definition) is 2. The first-order chi connectivity index (χ1) is 10.9. The molecule has 0 aromatic heterocycles. The molecule has 0 unspecified atom stereocenters. The van der Waals surface area contributed by atoms with Gasteiger partial charge in [0.2, 0.25) is 0 Å². The van der Waals surface area contributed by atoms with Crippen molar-refractivity contribution in [3.8, 4) is 5.75 Å². The fraction of sp³-hybridized carbons (Fsp3) is 0.0714. The van der Waals surface area contributed by atoms with Crippen LogP contribution >= 0.6 is 23.8 Å². The number of nitrogens with zero attached hydrogens (tertiary/aromatic N) is 1. The summed E-state index contributed by atoms with van der Waals surface area (Å²) < 4.78 is 18.2. The third kappa shape index (κ3) is 4.27. The molecule has 0 amide bonds. The van der Waals surface area contributed by atoms with Gasteiger partial charge in [-0.3, -0.25) is 10.1 Å². The van der Waals surface area contributed by atoms with Gasteiger partial charge in [-0.1, -0.05) is 11.6 Å². The monoisotopic (exact) mass is 355 g/mol. The van der Waals surface area contributed by atoms with Crippen LogP contribution < -0.4 is 15.4 Å². The van der Waals surface area contributed by atoms with E-state index in [2.05, 4.69) is 10.6 Å². The molecule has 2 aromatic carbocycles. The molecule has 0 atom stereocenters. The summed E-state index contributed by atoms with van der Waals surface area (Å²) in [7, 11) is 1.43. The Morgan fingerprint density at radius 3 is 2.65 bits per heavy atom. The number of hydrogen-bond acceptors (Lipinski definition) is 4. The Kier molecular flexibility index (Phi) is 5.30. The predicted octanol–water partition coefficient (Wildman–Crippen LogP) is 4.20. The van der Waals surface area contributed by atoms with Crippen LogP contribution in [0.3, 0.4) is 0 Å². The molecule has 0 aliphatic rings. The van der Waals surface area contributed by atoms with Crippen LogP contribution in [-0.4, -0.2) is 17.1 Å². The normalized spacial score (nSPS) is 10.0. The van der Waals surface area contributed by atoms with E-state index in [0.717, 1.165) is 0 Å². The van der Waals surface area contributed by atoms with E-state index >= 15 is 0 Å². The van der Waals surface area contributed by atoms with E-state index in [1.807, 2.05) is 0 Å². The summed E-state index contributed by atoms with van der Waals surface area (Å²) in [6.45, 7) is 0. The molecule has 2 rings (SSSR count). The van der Waals surface area contributed by atoms with Gasteiger partial charge in [0.15, 0.2) is 5.11 Å². The zero-order valence-corrected chi connectivity index (χ0v) is 13.4. The molecule has 0 fully saturated rings. The standard InChI is InChI=1S/C14H11ClFN3O3S/c1-22-13-5-3-9(19(20)21)7-12(13)18-14(23)17-8-2-4-11(16)10(15)6-8/h2-7H,1H3,(H2,17,18,23). The Morgan fingerprint density at radius 2 is 2.04 bits per heavy atom. The topological polar surface area (TPSA) is 76.4 Å². The number of nitro benzene ring substituents is 1. The van der Waals surface area contributed by atoms with Crippen molar-refractivity contribution in [3.63, 3.8) is 0 Å². The fourth-order valence-corrected chi connectivity index (χ4v) is 2.17. The number of methoxy groups -OCH3 is 1. The molecule has 0 aliphatic heterocycles. The van der Waals surface area contributed by atoms with Crippen molar-refractivity contribution < 1.29 is 14.1 Å². The van der Waals surface area contributed by atoms with Gasteiger partial charge in [-0.15, -0.1) is 0 Å². The number of rotatable bonds is 4. The molecule has 0 bridgehead atoms. The Labute approximate surface area is 141 Å². The molecule has 0 heterocycles. The minimum atomic E-state index is -0.545. The summed E-state index contributed by atoms with van der Waals surface area (Å²) in [6.07, 6.45) is 0. The van der Waals surface area contributed by atoms with Crippen molar-refractivity contribution in [1.29, 1.82) is 0 Å². The molecule has 0 radical (unpaired) electrons. The van der Waals surface area contributed by atoms with E-state index in [4.69, 9.17) is 28.6 Å². The number of anilines is 2. The second kappa shape index (κ2) is 7.21. The highest BCUT2D eigenvalue weighted by atomic mass is 35.5. The Balaban J connectivity index is 2.17. The number of non-ortho nitro benzene ring substituents is 1. The van der Waals surface area contributed by atoms with E-state index < -0.39 is 10.7 Å². The molecular formula is C14H11ClFN3O3S. The molecule has 23 heavy (non-hydrogen) atoms. The van der Waals surface area contributed by atoms with Crippen molar-refractivity contribution in [2.75, 3.05) is 17.7 Å². The van der Waals surface area contributed by atoms with Crippen LogP contribution in [0.5, 0.6) is 5.75 Å². The smallest absolute Gasteiger partial charge is 0.271 e. The first-order valence-corrected chi connectivity index (χ1v) is 7.05. The average molecular weight is 356 g/mol. The number of halogens is 2. The maximum atomic E-state index is 13.1. The van der Waals surface area contributed by atoms with Crippen LogP contribution in [-0.2, 0) is 0 Å². The third-order valence-corrected chi connectivity index (χ3v) is 3.31. The fourth-order valence-electron chi connectivity index (χ4n) is 1.77. The minimum absolute atomic E-state index is 0.0503. The molecule has 9 heteroatoms. The van der Waals surface area contributed by atoms with Gasteiger partial charge in [-0.25, -0.2) is 4.39 Å². The number of ether oxygens (including phenoxy) is 1. The molecular weight excluding hydrogens is 345 g/mol. The molecule has 2 N–H and O–H groups in total. The van der Waals surface area contributed by atoms with Crippen molar-refractivity contribution in [2.45, 2.75) is 0 Å². The lowest BCUT2D eigenvalue weighted by atomic mass is 10.2. The molecule has 0 saturated heterocycles. The first-order valence-electron chi connectivity index (χ1n) is 6.26. The lowest BCUT2D eigenvalue weighted by Crippen LogP contribution is -2.19. The van der Waals surface area contributed by atoms with E-state index in [9.17, 15) is 14.5 Å². The highest BCUT2D eigenvalue weighted by Gasteiger charge is 2.12. The average Bonchev–Trinajstić information content (AvgIpc) is 2.50. The molecule has 6 nitrogen and oxygen atoms in total. The Morgan fingerprint density at radius 1 is 1.30 bits per heavy atom. The van der Waals surface area contributed by atoms with Gasteiger partial charge in [0.1, 0.15) is 11.6 Å². The Hall–Kier alpha value is -2.45. The largest absolute Gasteiger partial charge is 0.495 e. The van der Waals surface area contributed by atoms with Crippen LogP contribution in [0.1, 0.15) is 0 Å². The van der Waals surface area contributed by atoms with Gasteiger partial charge in [-0.05, 0) is 36.5 Å². The zero-order valence-electron chi connectivity index (χ0n) is 11.8. The highest BCUT2D eigenvalue weighted by Crippen LogP contribution is 2.29. The lowest BCUT2D eigenvalue weighted by molar-refractivity contribution is -0.384. The van der Waals surface area contributed by atoms with Gasteiger partial charge in [0, 0.05) is 17.8 Å². The number of nitro groups is 1. The zero-order chi connectivity index (χ0) is 17.0. The SMILES string of the molecule is COc1ccc([N+](=O)[O-])cc1NC(=S)Nc1ccc(F)c(Cl)c1. The summed E-state index contributed by atoms with van der Waals surface area (Å²) in [5, 5.41) is 16.5. The summed E-state index contributed by atoms with van der Waals surface area (Å²) in [5.74, 6) is -0.159. The van der Waals surface area contributed by atoms with Crippen LogP contribution in [0.2, 0.25) is 5.02 Å². The maximum Gasteiger partial charge on any atom is 0.271 e. The summed E-state index contributed by atoms with van der Waals surface area (Å²) in [5.41, 5.74) is 0.687. The second-order valence-electron chi connectivity index (χ2n) is 4.35. The summed E-state index contributed by atoms with van der Waals surface area (Å²) in [6, 6.07) is 8.10. The Bertz CT molecular complexity index is 773. The van der Waals surface area contributed by atoms with Crippen LogP contribution in [0.4, 0.5) is 21.5 Å². The first kappa shape index (κ1) is 16.9. The van der Waals surface area contributed by atoms with E-state index in [1.54, 1.807) is 0 Å². The molecule has 0 spiro atoms. The van der Waals surface area contributed by atoms with Gasteiger partial charge in [-0.2, -0.15) is 0 Å². The van der Waals surface area contributed by atoms with Crippen molar-refractivity contribution in [2.24, 2.45) is 0 Å². The molecule has 0 aliphatic carbocycles. The van der Waals surface area contributed by atoms with Crippen LogP contribution in [0, 0.1) is 15.9 Å². The summed E-state index contributed by atoms with van der Waals surface area (Å²) >= 11 is 10.8. The third-order valence-electron chi connectivity index (χ3n) is 2.82. The highest BCUT2D eigenvalue weighted by molar-refractivity contribution is 7.80. The predicted molar refractivity (Wildman–Crippen MR) is 90.9 cm³/mol. The van der Waals surface area contributed by atoms with Gasteiger partial charge >= 0.3 is 0 Å². The van der Waals surface area contributed by atoms with Gasteiger partial charge in [0.25, 0.3) is 5.69 Å². The lowest BCUT2D eigenvalue weighted by Gasteiger charge is -2.13. The minimum Gasteiger partial charge on any atom is -0.495 e. The number of benzene rings is 2. The van der Waals surface area contributed by atoms with Crippen molar-refractivity contribution >= 4 is 46.0 Å². The van der Waals surface area contributed by atoms with E-state index in [1.165, 1.54) is 43.5 Å². The van der Waals surface area contributed by atoms with E-state index in [-0.39, 0.29) is 15.8 Å². The van der Waals surface area contributed by atoms with Crippen molar-refractivity contribution in [1.82, 2.24) is 0 Å². The molecule has 0 saturated carbocycles. The van der Waals surface area contributed by atoms with Crippen LogP contribution in [0.25, 0.3) is 0 Å². The van der Waals surface area contributed by atoms with E-state index in [0.29, 0.717) is 17.1 Å². The molecule has 120 valence electrons. The number of nitrogens with one attached hydrogen (secondary N) is 2.